The summed E-state index contributed by atoms with van der Waals surface area (Å²) in [5.41, 5.74) is 2.63. The van der Waals surface area contributed by atoms with Crippen LogP contribution in [0.4, 0.5) is 5.69 Å². The van der Waals surface area contributed by atoms with Gasteiger partial charge in [0.25, 0.3) is 5.91 Å². The van der Waals surface area contributed by atoms with Crippen LogP contribution >= 0.6 is 12.2 Å². The van der Waals surface area contributed by atoms with Gasteiger partial charge in [-0.2, -0.15) is 0 Å². The highest BCUT2D eigenvalue weighted by atomic mass is 32.1. The molecule has 3 N–H and O–H groups in total. The van der Waals surface area contributed by atoms with Gasteiger partial charge in [0.2, 0.25) is 5.75 Å². The first-order valence-electron chi connectivity index (χ1n) is 8.93. The van der Waals surface area contributed by atoms with Gasteiger partial charge in [-0.05, 0) is 49.0 Å². The molecule has 8 heteroatoms. The largest absolute Gasteiger partial charge is 0.493 e. The van der Waals surface area contributed by atoms with Crippen molar-refractivity contribution in [2.24, 2.45) is 0 Å². The average Bonchev–Trinajstić information content (AvgIpc) is 2.72. The van der Waals surface area contributed by atoms with Gasteiger partial charge in [-0.3, -0.25) is 4.79 Å². The number of thiocarbonyl (C=S) groups is 1. The maximum absolute atomic E-state index is 13.1. The van der Waals surface area contributed by atoms with Gasteiger partial charge in [-0.15, -0.1) is 0 Å². The highest BCUT2D eigenvalue weighted by molar-refractivity contribution is 7.80. The van der Waals surface area contributed by atoms with Gasteiger partial charge in [-0.25, -0.2) is 0 Å². The van der Waals surface area contributed by atoms with Gasteiger partial charge >= 0.3 is 0 Å². The molecule has 0 aromatic heterocycles. The molecule has 0 saturated heterocycles. The second-order valence-electron chi connectivity index (χ2n) is 6.35. The molecule has 0 fully saturated rings. The second-order valence-corrected chi connectivity index (χ2v) is 6.76. The quantitative estimate of drug-likeness (QED) is 0.628. The first-order valence-corrected chi connectivity index (χ1v) is 9.34. The van der Waals surface area contributed by atoms with Crippen LogP contribution in [-0.2, 0) is 4.79 Å². The normalized spacial score (nSPS) is 15.9. The molecule has 0 aliphatic carbocycles. The van der Waals surface area contributed by atoms with Crippen molar-refractivity contribution in [2.75, 3.05) is 26.6 Å². The summed E-state index contributed by atoms with van der Waals surface area (Å²) < 4.78 is 16.3. The molecule has 0 radical (unpaired) electrons. The zero-order chi connectivity index (χ0) is 21.0. The number of hydrogen-bond donors (Lipinski definition) is 3. The summed E-state index contributed by atoms with van der Waals surface area (Å²) in [5, 5.41) is 9.55. The van der Waals surface area contributed by atoms with Crippen molar-refractivity contribution in [3.05, 3.63) is 59.3 Å². The third kappa shape index (κ3) is 4.27. The van der Waals surface area contributed by atoms with Crippen molar-refractivity contribution < 1.29 is 19.0 Å². The Kier molecular flexibility index (Phi) is 6.23. The number of rotatable bonds is 6. The summed E-state index contributed by atoms with van der Waals surface area (Å²) in [7, 11) is 4.64. The zero-order valence-electron chi connectivity index (χ0n) is 16.7. The fourth-order valence-electron chi connectivity index (χ4n) is 3.23. The van der Waals surface area contributed by atoms with Gasteiger partial charge in [0.1, 0.15) is 0 Å². The Hall–Kier alpha value is -3.26. The molecule has 3 rings (SSSR count). The van der Waals surface area contributed by atoms with E-state index in [2.05, 4.69) is 16.0 Å². The van der Waals surface area contributed by atoms with Crippen molar-refractivity contribution in [1.29, 1.82) is 0 Å². The van der Waals surface area contributed by atoms with Crippen LogP contribution < -0.4 is 30.2 Å². The maximum atomic E-state index is 13.1. The molecule has 0 spiro atoms. The summed E-state index contributed by atoms with van der Waals surface area (Å²) in [4.78, 5) is 13.1. The number of methoxy groups -OCH3 is 3. The van der Waals surface area contributed by atoms with Crippen molar-refractivity contribution >= 4 is 28.9 Å². The first-order chi connectivity index (χ1) is 14.0. The van der Waals surface area contributed by atoms with Gasteiger partial charge in [-0.1, -0.05) is 18.2 Å². The van der Waals surface area contributed by atoms with Crippen LogP contribution in [-0.4, -0.2) is 32.3 Å². The lowest BCUT2D eigenvalue weighted by atomic mass is 9.94. The van der Waals surface area contributed by atoms with Crippen molar-refractivity contribution in [3.63, 3.8) is 0 Å². The van der Waals surface area contributed by atoms with Crippen LogP contribution in [0.3, 0.4) is 0 Å². The molecule has 2 aromatic rings. The molecule has 0 unspecified atom stereocenters. The molecule has 29 heavy (non-hydrogen) atoms. The van der Waals surface area contributed by atoms with Gasteiger partial charge in [0.05, 0.1) is 32.9 Å². The van der Waals surface area contributed by atoms with Crippen molar-refractivity contribution in [2.45, 2.75) is 13.0 Å². The zero-order valence-corrected chi connectivity index (χ0v) is 17.5. The molecule has 7 nitrogen and oxygen atoms in total. The summed E-state index contributed by atoms with van der Waals surface area (Å²) in [5.74, 6) is 1.23. The molecule has 2 aromatic carbocycles. The average molecular weight is 413 g/mol. The van der Waals surface area contributed by atoms with E-state index in [0.717, 1.165) is 5.56 Å². The first kappa shape index (κ1) is 20.5. The Morgan fingerprint density at radius 2 is 1.66 bits per heavy atom. The maximum Gasteiger partial charge on any atom is 0.255 e. The third-order valence-corrected chi connectivity index (χ3v) is 4.79. The molecule has 0 bridgehead atoms. The van der Waals surface area contributed by atoms with Gasteiger partial charge in [0.15, 0.2) is 16.6 Å². The lowest BCUT2D eigenvalue weighted by Crippen LogP contribution is -2.45. The predicted molar refractivity (Wildman–Crippen MR) is 115 cm³/mol. The number of allylic oxidation sites excluding steroid dienone is 1. The molecule has 1 aliphatic heterocycles. The number of carbonyl (C=O) groups excluding carboxylic acids is 1. The van der Waals surface area contributed by atoms with E-state index in [-0.39, 0.29) is 5.91 Å². The third-order valence-electron chi connectivity index (χ3n) is 4.57. The number of carbonyl (C=O) groups is 1. The number of anilines is 1. The standard InChI is InChI=1S/C21H23N3O4S/c1-12-17(20(25)23-14-8-6-5-7-9-14)18(24-21(29)22-12)13-10-15(26-2)19(28-4)16(11-13)27-3/h5-11,18H,1-4H3,(H,23,25)(H2,22,24,29)/t18-/m1/s1. The van der Waals surface area contributed by atoms with Crippen LogP contribution in [0, 0.1) is 0 Å². The number of para-hydroxylation sites is 1. The molecule has 152 valence electrons. The minimum atomic E-state index is -0.499. The highest BCUT2D eigenvalue weighted by Crippen LogP contribution is 2.41. The Labute approximate surface area is 175 Å². The van der Waals surface area contributed by atoms with Crippen LogP contribution in [0.15, 0.2) is 53.7 Å². The number of benzene rings is 2. The number of nitrogens with one attached hydrogen (secondary N) is 3. The van der Waals surface area contributed by atoms with Gasteiger partial charge in [0, 0.05) is 11.4 Å². The fraction of sp³-hybridized carbons (Fsp3) is 0.238. The molecular formula is C21H23N3O4S. The molecule has 1 amide bonds. The van der Waals surface area contributed by atoms with E-state index >= 15 is 0 Å². The van der Waals surface area contributed by atoms with E-state index in [0.29, 0.717) is 39.3 Å². The minimum Gasteiger partial charge on any atom is -0.493 e. The van der Waals surface area contributed by atoms with Gasteiger partial charge < -0.3 is 30.2 Å². The van der Waals surface area contributed by atoms with Crippen LogP contribution in [0.1, 0.15) is 18.5 Å². The van der Waals surface area contributed by atoms with Crippen molar-refractivity contribution in [3.8, 4) is 17.2 Å². The van der Waals surface area contributed by atoms with Crippen LogP contribution in [0.25, 0.3) is 0 Å². The number of amides is 1. The Morgan fingerprint density at radius 3 is 2.21 bits per heavy atom. The molecule has 1 atom stereocenters. The summed E-state index contributed by atoms with van der Waals surface area (Å²) in [6.45, 7) is 1.82. The van der Waals surface area contributed by atoms with E-state index in [1.54, 1.807) is 33.5 Å². The van der Waals surface area contributed by atoms with E-state index in [4.69, 9.17) is 26.4 Å². The van der Waals surface area contributed by atoms with Crippen molar-refractivity contribution in [1.82, 2.24) is 10.6 Å². The smallest absolute Gasteiger partial charge is 0.255 e. The monoisotopic (exact) mass is 413 g/mol. The van der Waals surface area contributed by atoms with E-state index in [9.17, 15) is 4.79 Å². The second kappa shape index (κ2) is 8.83. The summed E-state index contributed by atoms with van der Waals surface area (Å²) in [6, 6.07) is 12.4. The molecule has 1 aliphatic rings. The highest BCUT2D eigenvalue weighted by Gasteiger charge is 2.31. The summed E-state index contributed by atoms with van der Waals surface area (Å²) in [6.07, 6.45) is 0. The SMILES string of the molecule is COc1cc([C@H]2NC(=S)NC(C)=C2C(=O)Nc2ccccc2)cc(OC)c1OC. The predicted octanol–water partition coefficient (Wildman–Crippen LogP) is 3.14. The number of ether oxygens (including phenoxy) is 3. The Balaban J connectivity index is 2.05. The molecule has 1 heterocycles. The lowest BCUT2D eigenvalue weighted by molar-refractivity contribution is -0.113. The van der Waals surface area contributed by atoms with E-state index in [1.165, 1.54) is 0 Å². The van der Waals surface area contributed by atoms with Crippen LogP contribution in [0.5, 0.6) is 17.2 Å². The summed E-state index contributed by atoms with van der Waals surface area (Å²) >= 11 is 5.32. The molecule has 0 saturated carbocycles. The lowest BCUT2D eigenvalue weighted by Gasteiger charge is -2.31. The fourth-order valence-corrected chi connectivity index (χ4v) is 3.50. The molecular weight excluding hydrogens is 390 g/mol. The number of hydrogen-bond acceptors (Lipinski definition) is 5. The van der Waals surface area contributed by atoms with Crippen LogP contribution in [0.2, 0.25) is 0 Å². The van der Waals surface area contributed by atoms with E-state index < -0.39 is 6.04 Å². The Bertz CT molecular complexity index is 935. The topological polar surface area (TPSA) is 80.9 Å². The minimum absolute atomic E-state index is 0.241. The Morgan fingerprint density at radius 1 is 1.03 bits per heavy atom. The van der Waals surface area contributed by atoms with E-state index in [1.807, 2.05) is 37.3 Å².